The number of aryl methyl sites for hydroxylation is 1. The molecule has 2 heterocycles. The van der Waals surface area contributed by atoms with E-state index in [1.165, 1.54) is 18.4 Å². The highest BCUT2D eigenvalue weighted by Crippen LogP contribution is 2.33. The van der Waals surface area contributed by atoms with Crippen LogP contribution in [0.1, 0.15) is 37.6 Å². The molecule has 0 atom stereocenters. The third-order valence-corrected chi connectivity index (χ3v) is 4.33. The van der Waals surface area contributed by atoms with Crippen LogP contribution in [-0.4, -0.2) is 16.0 Å². The molecule has 0 spiro atoms. The minimum absolute atomic E-state index is 0.597. The molecule has 3 rings (SSSR count). The Morgan fingerprint density at radius 3 is 2.90 bits per heavy atom. The van der Waals surface area contributed by atoms with Crippen LogP contribution in [-0.2, 0) is 13.0 Å². The van der Waals surface area contributed by atoms with Crippen LogP contribution in [0.4, 0.5) is 11.6 Å². The van der Waals surface area contributed by atoms with Crippen LogP contribution in [0.3, 0.4) is 0 Å². The smallest absolute Gasteiger partial charge is 0.145 e. The molecule has 1 saturated carbocycles. The van der Waals surface area contributed by atoms with E-state index < -0.39 is 0 Å². The van der Waals surface area contributed by atoms with Crippen LogP contribution < -0.4 is 16.2 Å². The van der Waals surface area contributed by atoms with Gasteiger partial charge in [-0.15, -0.1) is 0 Å². The fraction of sp³-hybridized carbons (Fsp3) is 0.467. The summed E-state index contributed by atoms with van der Waals surface area (Å²) in [6.45, 7) is 3.04. The fourth-order valence-electron chi connectivity index (χ4n) is 2.40. The average molecular weight is 303 g/mol. The van der Waals surface area contributed by atoms with Crippen molar-refractivity contribution < 1.29 is 0 Å². The van der Waals surface area contributed by atoms with Gasteiger partial charge in [0.1, 0.15) is 17.5 Å². The lowest BCUT2D eigenvalue weighted by molar-refractivity contribution is 0.758. The van der Waals surface area contributed by atoms with Crippen LogP contribution >= 0.6 is 11.3 Å². The van der Waals surface area contributed by atoms with E-state index in [0.717, 1.165) is 31.0 Å². The van der Waals surface area contributed by atoms with Crippen molar-refractivity contribution in [3.8, 4) is 0 Å². The van der Waals surface area contributed by atoms with Gasteiger partial charge in [-0.25, -0.2) is 15.8 Å². The molecule has 0 bridgehead atoms. The normalized spacial score (nSPS) is 14.2. The summed E-state index contributed by atoms with van der Waals surface area (Å²) in [6.07, 6.45) is 4.38. The van der Waals surface area contributed by atoms with Crippen molar-refractivity contribution in [1.29, 1.82) is 0 Å². The molecule has 2 aromatic rings. The highest BCUT2D eigenvalue weighted by molar-refractivity contribution is 7.07. The van der Waals surface area contributed by atoms with Gasteiger partial charge in [0.2, 0.25) is 0 Å². The Morgan fingerprint density at radius 2 is 2.29 bits per heavy atom. The zero-order valence-electron chi connectivity index (χ0n) is 12.2. The first kappa shape index (κ1) is 14.3. The predicted molar refractivity (Wildman–Crippen MR) is 87.4 cm³/mol. The molecule has 3 N–H and O–H groups in total. The van der Waals surface area contributed by atoms with Gasteiger partial charge in [0.25, 0.3) is 0 Å². The van der Waals surface area contributed by atoms with Crippen LogP contribution in [0.5, 0.6) is 0 Å². The summed E-state index contributed by atoms with van der Waals surface area (Å²) in [5.41, 5.74) is 4.00. The standard InChI is InChI=1S/C15H21N5S/c1-2-3-13-17-14(19-16)8-15(18-13)20(12-4-5-12)9-11-6-7-21-10-11/h6-8,10,12H,2-5,9,16H2,1H3,(H,17,18,19). The molecule has 0 saturated heterocycles. The second kappa shape index (κ2) is 6.41. The maximum Gasteiger partial charge on any atom is 0.145 e. The van der Waals surface area contributed by atoms with Crippen LogP contribution in [0.15, 0.2) is 22.9 Å². The fourth-order valence-corrected chi connectivity index (χ4v) is 3.06. The van der Waals surface area contributed by atoms with Crippen molar-refractivity contribution in [3.05, 3.63) is 34.3 Å². The van der Waals surface area contributed by atoms with E-state index in [4.69, 9.17) is 10.8 Å². The van der Waals surface area contributed by atoms with E-state index in [1.807, 2.05) is 6.07 Å². The van der Waals surface area contributed by atoms with Crippen LogP contribution in [0.2, 0.25) is 0 Å². The summed E-state index contributed by atoms with van der Waals surface area (Å²) in [5.74, 6) is 8.09. The first-order valence-corrected chi connectivity index (χ1v) is 8.36. The second-order valence-corrected chi connectivity index (χ2v) is 6.19. The summed E-state index contributed by atoms with van der Waals surface area (Å²) < 4.78 is 0. The molecule has 112 valence electrons. The molecule has 2 aromatic heterocycles. The van der Waals surface area contributed by atoms with Gasteiger partial charge in [0.05, 0.1) is 0 Å². The van der Waals surface area contributed by atoms with Crippen molar-refractivity contribution in [2.24, 2.45) is 5.84 Å². The van der Waals surface area contributed by atoms with Crippen LogP contribution in [0, 0.1) is 0 Å². The second-order valence-electron chi connectivity index (χ2n) is 5.41. The predicted octanol–water partition coefficient (Wildman–Crippen LogP) is 2.95. The van der Waals surface area contributed by atoms with Crippen molar-refractivity contribution >= 4 is 23.0 Å². The summed E-state index contributed by atoms with van der Waals surface area (Å²) >= 11 is 1.74. The Hall–Kier alpha value is -1.66. The van der Waals surface area contributed by atoms with Crippen molar-refractivity contribution in [3.63, 3.8) is 0 Å². The Labute approximate surface area is 129 Å². The van der Waals surface area contributed by atoms with Gasteiger partial charge in [-0.05, 0) is 41.7 Å². The zero-order valence-corrected chi connectivity index (χ0v) is 13.1. The van der Waals surface area contributed by atoms with Crippen molar-refractivity contribution in [2.45, 2.75) is 45.2 Å². The lowest BCUT2D eigenvalue weighted by Crippen LogP contribution is -2.26. The highest BCUT2D eigenvalue weighted by atomic mass is 32.1. The molecule has 5 nitrogen and oxygen atoms in total. The Bertz CT molecular complexity index is 580. The monoisotopic (exact) mass is 303 g/mol. The number of hydrazine groups is 1. The van der Waals surface area contributed by atoms with E-state index in [-0.39, 0.29) is 0 Å². The molecule has 0 unspecified atom stereocenters. The number of nitrogens with two attached hydrogens (primary N) is 1. The number of anilines is 2. The Morgan fingerprint density at radius 1 is 1.43 bits per heavy atom. The van der Waals surface area contributed by atoms with Crippen LogP contribution in [0.25, 0.3) is 0 Å². The minimum Gasteiger partial charge on any atom is -0.349 e. The molecule has 0 amide bonds. The van der Waals surface area contributed by atoms with Crippen molar-refractivity contribution in [2.75, 3.05) is 10.3 Å². The topological polar surface area (TPSA) is 67.1 Å². The first-order valence-electron chi connectivity index (χ1n) is 7.42. The molecule has 1 aliphatic rings. The molecule has 6 heteroatoms. The number of rotatable bonds is 7. The maximum atomic E-state index is 5.55. The minimum atomic E-state index is 0.597. The van der Waals surface area contributed by atoms with Gasteiger partial charge in [-0.1, -0.05) is 6.92 Å². The number of nitrogens with one attached hydrogen (secondary N) is 1. The van der Waals surface area contributed by atoms with E-state index in [0.29, 0.717) is 11.9 Å². The van der Waals surface area contributed by atoms with Crippen molar-refractivity contribution in [1.82, 2.24) is 9.97 Å². The number of aromatic nitrogens is 2. The van der Waals surface area contributed by atoms with E-state index in [2.05, 4.69) is 39.1 Å². The molecular formula is C15H21N5S. The lowest BCUT2D eigenvalue weighted by atomic mass is 10.3. The molecule has 0 radical (unpaired) electrons. The molecule has 1 fully saturated rings. The van der Waals surface area contributed by atoms with Gasteiger partial charge in [0.15, 0.2) is 0 Å². The number of hydrogen-bond donors (Lipinski definition) is 2. The van der Waals surface area contributed by atoms with Gasteiger partial charge < -0.3 is 10.3 Å². The first-order chi connectivity index (χ1) is 10.3. The van der Waals surface area contributed by atoms with E-state index >= 15 is 0 Å². The lowest BCUT2D eigenvalue weighted by Gasteiger charge is -2.24. The largest absolute Gasteiger partial charge is 0.349 e. The summed E-state index contributed by atoms with van der Waals surface area (Å²) in [4.78, 5) is 11.5. The van der Waals surface area contributed by atoms with E-state index in [9.17, 15) is 0 Å². The number of nitrogens with zero attached hydrogens (tertiary/aromatic N) is 3. The number of hydrogen-bond acceptors (Lipinski definition) is 6. The molecule has 1 aliphatic carbocycles. The zero-order chi connectivity index (χ0) is 14.7. The number of nitrogen functional groups attached to an aromatic ring is 1. The highest BCUT2D eigenvalue weighted by Gasteiger charge is 2.30. The Balaban J connectivity index is 1.88. The SMILES string of the molecule is CCCc1nc(NN)cc(N(Cc2ccsc2)C2CC2)n1. The number of thiophene rings is 1. The van der Waals surface area contributed by atoms with E-state index in [1.54, 1.807) is 11.3 Å². The van der Waals surface area contributed by atoms with Gasteiger partial charge in [-0.3, -0.25) is 0 Å². The third kappa shape index (κ3) is 3.51. The molecule has 0 aromatic carbocycles. The summed E-state index contributed by atoms with van der Waals surface area (Å²) in [5, 5.41) is 4.32. The maximum absolute atomic E-state index is 5.55. The third-order valence-electron chi connectivity index (χ3n) is 3.60. The molecular weight excluding hydrogens is 282 g/mol. The molecule has 0 aliphatic heterocycles. The summed E-state index contributed by atoms with van der Waals surface area (Å²) in [7, 11) is 0. The van der Waals surface area contributed by atoms with Gasteiger partial charge in [0, 0.05) is 25.1 Å². The average Bonchev–Trinajstić information content (AvgIpc) is 3.21. The van der Waals surface area contributed by atoms with Gasteiger partial charge in [-0.2, -0.15) is 11.3 Å². The molecule has 21 heavy (non-hydrogen) atoms. The Kier molecular flexibility index (Phi) is 4.36. The quantitative estimate of drug-likeness (QED) is 0.608. The summed E-state index contributed by atoms with van der Waals surface area (Å²) in [6, 6.07) is 4.72. The van der Waals surface area contributed by atoms with Gasteiger partial charge >= 0.3 is 0 Å².